The predicted molar refractivity (Wildman–Crippen MR) is 105 cm³/mol. The van der Waals surface area contributed by atoms with Gasteiger partial charge in [-0.05, 0) is 50.9 Å². The van der Waals surface area contributed by atoms with E-state index in [0.29, 0.717) is 12.2 Å². The largest absolute Gasteiger partial charge is 0.382 e. The number of aromatic nitrogens is 1. The molecule has 3 heterocycles. The molecule has 2 saturated heterocycles. The number of fused-ring (bicyclic) bond motifs is 1. The van der Waals surface area contributed by atoms with Gasteiger partial charge in [0.25, 0.3) is 10.0 Å². The van der Waals surface area contributed by atoms with Gasteiger partial charge in [0, 0.05) is 23.7 Å². The maximum atomic E-state index is 14.9. The Kier molecular flexibility index (Phi) is 4.99. The molecule has 0 atom stereocenters. The molecular weight excluding hydrogens is 401 g/mol. The number of nitrogens with one attached hydrogen (secondary N) is 2. The fourth-order valence-electron chi connectivity index (χ4n) is 4.24. The van der Waals surface area contributed by atoms with Gasteiger partial charge in [0.2, 0.25) is 0 Å². The molecule has 1 aromatic heterocycles. The molecule has 2 aromatic rings. The molecule has 2 fully saturated rings. The number of thiazole rings is 1. The highest BCUT2D eigenvalue weighted by molar-refractivity contribution is 7.93. The number of anilines is 2. The van der Waals surface area contributed by atoms with Gasteiger partial charge in [0.05, 0.1) is 5.69 Å². The van der Waals surface area contributed by atoms with Crippen LogP contribution in [0.5, 0.6) is 0 Å². The van der Waals surface area contributed by atoms with Crippen LogP contribution in [-0.4, -0.2) is 43.5 Å². The second-order valence-electron chi connectivity index (χ2n) is 7.13. The number of halogens is 1. The molecule has 4 rings (SSSR count). The first-order chi connectivity index (χ1) is 13.5. The van der Waals surface area contributed by atoms with Crippen molar-refractivity contribution in [2.45, 2.75) is 36.1 Å². The molecule has 0 bridgehead atoms. The summed E-state index contributed by atoms with van der Waals surface area (Å²) >= 11 is 1.09. The number of hydrogen-bond acceptors (Lipinski definition) is 7. The molecular formula is C18H20FN5O2S2. The highest BCUT2D eigenvalue weighted by atomic mass is 32.2. The van der Waals surface area contributed by atoms with Crippen LogP contribution in [0.2, 0.25) is 0 Å². The summed E-state index contributed by atoms with van der Waals surface area (Å²) in [4.78, 5) is 5.74. The van der Waals surface area contributed by atoms with Crippen LogP contribution in [-0.2, 0) is 10.0 Å². The fourth-order valence-corrected chi connectivity index (χ4v) is 6.11. The van der Waals surface area contributed by atoms with Crippen LogP contribution in [0.15, 0.2) is 28.6 Å². The molecule has 0 unspecified atom stereocenters. The van der Waals surface area contributed by atoms with Crippen molar-refractivity contribution in [1.82, 2.24) is 9.88 Å². The van der Waals surface area contributed by atoms with E-state index in [4.69, 9.17) is 0 Å². The minimum atomic E-state index is -4.17. The Morgan fingerprint density at radius 2 is 2.07 bits per heavy atom. The third-order valence-electron chi connectivity index (χ3n) is 5.58. The molecule has 0 radical (unpaired) electrons. The van der Waals surface area contributed by atoms with E-state index in [2.05, 4.69) is 19.9 Å². The van der Waals surface area contributed by atoms with Crippen LogP contribution < -0.4 is 10.0 Å². The quantitative estimate of drug-likeness (QED) is 0.744. The molecule has 1 aromatic carbocycles. The van der Waals surface area contributed by atoms with Crippen LogP contribution in [0.4, 0.5) is 15.2 Å². The van der Waals surface area contributed by atoms with Crippen LogP contribution in [0.25, 0.3) is 0 Å². The van der Waals surface area contributed by atoms with Crippen molar-refractivity contribution in [3.63, 3.8) is 0 Å². The van der Waals surface area contributed by atoms with Crippen molar-refractivity contribution >= 4 is 32.2 Å². The summed E-state index contributed by atoms with van der Waals surface area (Å²) in [5.74, 6) is -1.05. The predicted octanol–water partition coefficient (Wildman–Crippen LogP) is 2.99. The van der Waals surface area contributed by atoms with E-state index in [1.807, 2.05) is 6.07 Å². The van der Waals surface area contributed by atoms with Crippen LogP contribution in [0.1, 0.15) is 31.2 Å². The van der Waals surface area contributed by atoms with Gasteiger partial charge in [-0.2, -0.15) is 5.26 Å². The lowest BCUT2D eigenvalue weighted by molar-refractivity contribution is 0.209. The second kappa shape index (κ2) is 7.31. The van der Waals surface area contributed by atoms with Gasteiger partial charge in [0.15, 0.2) is 10.9 Å². The molecule has 2 aliphatic rings. The first-order valence-corrected chi connectivity index (χ1v) is 11.5. The highest BCUT2D eigenvalue weighted by Crippen LogP contribution is 2.39. The van der Waals surface area contributed by atoms with E-state index in [0.717, 1.165) is 50.1 Å². The van der Waals surface area contributed by atoms with Crippen LogP contribution in [0, 0.1) is 17.1 Å². The van der Waals surface area contributed by atoms with Gasteiger partial charge < -0.3 is 5.32 Å². The number of nitriles is 1. The highest BCUT2D eigenvalue weighted by Gasteiger charge is 2.44. The third kappa shape index (κ3) is 3.34. The Bertz CT molecular complexity index is 1010. The van der Waals surface area contributed by atoms with E-state index < -0.39 is 20.7 Å². The average molecular weight is 422 g/mol. The first kappa shape index (κ1) is 19.1. The number of sulfonamides is 1. The van der Waals surface area contributed by atoms with Crippen molar-refractivity contribution < 1.29 is 12.8 Å². The monoisotopic (exact) mass is 421 g/mol. The summed E-state index contributed by atoms with van der Waals surface area (Å²) in [6.07, 6.45) is 5.88. The Morgan fingerprint density at radius 1 is 1.32 bits per heavy atom. The van der Waals surface area contributed by atoms with Gasteiger partial charge in [-0.1, -0.05) is 0 Å². The van der Waals surface area contributed by atoms with Crippen molar-refractivity contribution in [3.8, 4) is 6.07 Å². The van der Waals surface area contributed by atoms with Gasteiger partial charge in [-0.15, -0.1) is 11.3 Å². The molecule has 0 spiro atoms. The minimum absolute atomic E-state index is 0.0559. The summed E-state index contributed by atoms with van der Waals surface area (Å²) in [7, 11) is -4.17. The molecule has 2 N–H and O–H groups in total. The molecule has 28 heavy (non-hydrogen) atoms. The summed E-state index contributed by atoms with van der Waals surface area (Å²) in [5.41, 5.74) is 0.0858. The lowest BCUT2D eigenvalue weighted by atomic mass is 9.94. The fraction of sp³-hybridized carbons (Fsp3) is 0.444. The van der Waals surface area contributed by atoms with Crippen molar-refractivity contribution in [2.24, 2.45) is 0 Å². The van der Waals surface area contributed by atoms with Crippen LogP contribution in [0.3, 0.4) is 0 Å². The van der Waals surface area contributed by atoms with Crippen molar-refractivity contribution in [1.29, 1.82) is 5.26 Å². The normalized spacial score (nSPS) is 18.6. The Hall–Kier alpha value is -2.22. The zero-order valence-corrected chi connectivity index (χ0v) is 16.7. The van der Waals surface area contributed by atoms with Crippen LogP contribution >= 0.6 is 11.3 Å². The topological polar surface area (TPSA) is 98.1 Å². The molecule has 0 amide bonds. The Morgan fingerprint density at radius 3 is 2.71 bits per heavy atom. The molecule has 2 aliphatic heterocycles. The second-order valence-corrected chi connectivity index (χ2v) is 9.67. The Balaban J connectivity index is 1.59. The van der Waals surface area contributed by atoms with E-state index in [-0.39, 0.29) is 16.2 Å². The maximum absolute atomic E-state index is 14.9. The van der Waals surface area contributed by atoms with Gasteiger partial charge in [-0.3, -0.25) is 9.62 Å². The lowest BCUT2D eigenvalue weighted by Gasteiger charge is -2.32. The molecule has 10 heteroatoms. The molecule has 7 nitrogen and oxygen atoms in total. The number of nitrogens with zero attached hydrogens (tertiary/aromatic N) is 3. The minimum Gasteiger partial charge on any atom is -0.382 e. The standard InChI is InChI=1S/C18H20FN5O2S2/c19-16-13(11-20)14(22-12-18-5-1-8-24(18)9-2-6-18)3-4-15(16)28(25,26)23-17-21-7-10-27-17/h3-4,7,10,22H,1-2,5-6,8-9,12H2,(H,21,23). The maximum Gasteiger partial charge on any atom is 0.266 e. The van der Waals surface area contributed by atoms with E-state index in [1.54, 1.807) is 5.38 Å². The summed E-state index contributed by atoms with van der Waals surface area (Å²) in [6, 6.07) is 4.46. The Labute approximate surface area is 167 Å². The zero-order chi connectivity index (χ0) is 19.8. The first-order valence-electron chi connectivity index (χ1n) is 9.09. The molecule has 0 aliphatic carbocycles. The smallest absolute Gasteiger partial charge is 0.266 e. The van der Waals surface area contributed by atoms with Crippen molar-refractivity contribution in [3.05, 3.63) is 35.1 Å². The van der Waals surface area contributed by atoms with Gasteiger partial charge >= 0.3 is 0 Å². The third-order valence-corrected chi connectivity index (χ3v) is 7.76. The summed E-state index contributed by atoms with van der Waals surface area (Å²) in [5, 5.41) is 14.4. The van der Waals surface area contributed by atoms with E-state index >= 15 is 0 Å². The lowest BCUT2D eigenvalue weighted by Crippen LogP contribution is -2.44. The summed E-state index contributed by atoms with van der Waals surface area (Å²) in [6.45, 7) is 2.76. The summed E-state index contributed by atoms with van der Waals surface area (Å²) < 4.78 is 42.1. The number of hydrogen-bond donors (Lipinski definition) is 2. The van der Waals surface area contributed by atoms with Gasteiger partial charge in [0.1, 0.15) is 16.5 Å². The average Bonchev–Trinajstić information content (AvgIpc) is 3.36. The van der Waals surface area contributed by atoms with E-state index in [9.17, 15) is 18.1 Å². The number of rotatable bonds is 6. The van der Waals surface area contributed by atoms with E-state index in [1.165, 1.54) is 18.3 Å². The molecule has 0 saturated carbocycles. The SMILES string of the molecule is N#Cc1c(NCC23CCCN2CCC3)ccc(S(=O)(=O)Nc2nccs2)c1F. The molecule has 148 valence electrons. The van der Waals surface area contributed by atoms with Crippen molar-refractivity contribution in [2.75, 3.05) is 29.7 Å². The number of benzene rings is 1. The van der Waals surface area contributed by atoms with Gasteiger partial charge in [-0.25, -0.2) is 17.8 Å². The zero-order valence-electron chi connectivity index (χ0n) is 15.1.